The van der Waals surface area contributed by atoms with Gasteiger partial charge in [-0.1, -0.05) is 292 Å². The third-order valence-electron chi connectivity index (χ3n) is 16.5. The standard InChI is InChI=1S/C75H133NO10/c1-4-7-10-13-16-19-22-25-27-29-31-33-35-37-39-41-43-45-48-51-54-57-60-63-70(80)86-73-72(82)71(81)69(64-77)85-75(73)84-65-66(67(78)61-58-55-52-49-46-24-21-18-15-12-9-6-3)76-74(83)68(79)62-59-56-53-50-47-44-42-40-38-36-34-32-30-28-26-23-20-17-14-11-8-5-2/h16-17,19-20,25-28,32,34,38,40,58,61,66-69,71-73,75,77-79,81-82H,4-15,18,21-24,29-31,33,35-37,39,41-57,59-60,62-65H2,1-3H3,(H,76,83)/b19-16-,20-17-,27-25-,28-26-,34-32-,40-38-,61-58+. The molecule has 0 aromatic carbocycles. The van der Waals surface area contributed by atoms with E-state index in [1.807, 2.05) is 6.08 Å². The maximum atomic E-state index is 13.5. The summed E-state index contributed by atoms with van der Waals surface area (Å²) in [6.07, 6.45) is 71.8. The Kier molecular flexibility index (Phi) is 58.3. The van der Waals surface area contributed by atoms with E-state index in [9.17, 15) is 35.1 Å². The van der Waals surface area contributed by atoms with Crippen molar-refractivity contribution in [3.05, 3.63) is 85.1 Å². The van der Waals surface area contributed by atoms with Crippen molar-refractivity contribution >= 4 is 11.9 Å². The number of unbranched alkanes of at least 4 members (excludes halogenated alkanes) is 35. The molecule has 1 aliphatic rings. The number of aliphatic hydroxyl groups excluding tert-OH is 5. The number of aliphatic hydroxyl groups is 5. The van der Waals surface area contributed by atoms with Gasteiger partial charge < -0.3 is 45.1 Å². The van der Waals surface area contributed by atoms with Crippen LogP contribution in [0.15, 0.2) is 85.1 Å². The second-order valence-electron chi connectivity index (χ2n) is 24.6. The Morgan fingerprint density at radius 3 is 1.22 bits per heavy atom. The molecule has 1 saturated heterocycles. The van der Waals surface area contributed by atoms with Crippen LogP contribution in [0.25, 0.3) is 0 Å². The smallest absolute Gasteiger partial charge is 0.306 e. The predicted molar refractivity (Wildman–Crippen MR) is 361 cm³/mol. The van der Waals surface area contributed by atoms with E-state index in [0.717, 1.165) is 103 Å². The van der Waals surface area contributed by atoms with E-state index in [1.54, 1.807) is 6.08 Å². The molecular weight excluding hydrogens is 1070 g/mol. The van der Waals surface area contributed by atoms with E-state index in [-0.39, 0.29) is 19.4 Å². The van der Waals surface area contributed by atoms with Crippen molar-refractivity contribution in [2.24, 2.45) is 0 Å². The quantitative estimate of drug-likeness (QED) is 0.0195. The van der Waals surface area contributed by atoms with Crippen molar-refractivity contribution < 1.29 is 49.3 Å². The summed E-state index contributed by atoms with van der Waals surface area (Å²) in [7, 11) is 0. The van der Waals surface area contributed by atoms with Crippen LogP contribution in [0.4, 0.5) is 0 Å². The molecule has 1 rings (SSSR count). The van der Waals surface area contributed by atoms with E-state index in [1.165, 1.54) is 167 Å². The molecule has 0 aliphatic carbocycles. The third kappa shape index (κ3) is 48.7. The van der Waals surface area contributed by atoms with Crippen LogP contribution in [-0.2, 0) is 23.8 Å². The summed E-state index contributed by atoms with van der Waals surface area (Å²) in [5, 5.41) is 57.2. The molecule has 1 heterocycles. The lowest BCUT2D eigenvalue weighted by Gasteiger charge is -2.41. The highest BCUT2D eigenvalue weighted by Gasteiger charge is 2.47. The van der Waals surface area contributed by atoms with Crippen molar-refractivity contribution in [1.82, 2.24) is 5.32 Å². The summed E-state index contributed by atoms with van der Waals surface area (Å²) in [5.41, 5.74) is 0. The maximum absolute atomic E-state index is 13.5. The fourth-order valence-electron chi connectivity index (χ4n) is 10.8. The second-order valence-corrected chi connectivity index (χ2v) is 24.6. The molecule has 0 bridgehead atoms. The number of esters is 1. The fraction of sp³-hybridized carbons (Fsp3) is 0.787. The van der Waals surface area contributed by atoms with Gasteiger partial charge >= 0.3 is 5.97 Å². The van der Waals surface area contributed by atoms with Crippen LogP contribution < -0.4 is 5.32 Å². The van der Waals surface area contributed by atoms with Gasteiger partial charge in [-0.25, -0.2) is 0 Å². The molecule has 1 aliphatic heterocycles. The summed E-state index contributed by atoms with van der Waals surface area (Å²) >= 11 is 0. The maximum Gasteiger partial charge on any atom is 0.306 e. The van der Waals surface area contributed by atoms with E-state index in [0.29, 0.717) is 12.8 Å². The lowest BCUT2D eigenvalue weighted by Crippen LogP contribution is -2.61. The molecule has 498 valence electrons. The van der Waals surface area contributed by atoms with Gasteiger partial charge in [-0.2, -0.15) is 0 Å². The Balaban J connectivity index is 2.59. The zero-order valence-electron chi connectivity index (χ0n) is 55.4. The molecule has 6 N–H and O–H groups in total. The van der Waals surface area contributed by atoms with Crippen LogP contribution in [0.2, 0.25) is 0 Å². The van der Waals surface area contributed by atoms with Gasteiger partial charge in [-0.15, -0.1) is 0 Å². The van der Waals surface area contributed by atoms with Gasteiger partial charge in [0.2, 0.25) is 5.91 Å². The van der Waals surface area contributed by atoms with E-state index in [2.05, 4.69) is 99.0 Å². The van der Waals surface area contributed by atoms with Crippen LogP contribution in [0.1, 0.15) is 316 Å². The molecule has 0 aromatic heterocycles. The summed E-state index contributed by atoms with van der Waals surface area (Å²) in [6.45, 7) is 5.76. The molecule has 8 unspecified atom stereocenters. The number of carbonyl (C=O) groups excluding carboxylic acids is 2. The summed E-state index contributed by atoms with van der Waals surface area (Å²) in [5.74, 6) is -1.20. The minimum atomic E-state index is -1.62. The molecule has 11 nitrogen and oxygen atoms in total. The van der Waals surface area contributed by atoms with Crippen molar-refractivity contribution in [2.75, 3.05) is 13.2 Å². The number of carbonyl (C=O) groups is 2. The van der Waals surface area contributed by atoms with Gasteiger partial charge in [-0.05, 0) is 103 Å². The minimum Gasteiger partial charge on any atom is -0.454 e. The summed E-state index contributed by atoms with van der Waals surface area (Å²) in [6, 6.07) is -1.03. The second kappa shape index (κ2) is 62.1. The van der Waals surface area contributed by atoms with E-state index < -0.39 is 67.4 Å². The monoisotopic (exact) mass is 1210 g/mol. The SMILES string of the molecule is CCCCC/C=C\C/C=C\C/C=C\C/C=C\CCCCCCCCC(O)C(=O)NC(COC1OC(CO)C(O)C(O)C1OC(=O)CCCCCCCCCCCCCCC/C=C\C/C=C\CCCCC)C(O)/C=C/CCCCCCCCCCCC. The molecule has 0 saturated carbocycles. The third-order valence-corrected chi connectivity index (χ3v) is 16.5. The Labute approximate surface area is 527 Å². The highest BCUT2D eigenvalue weighted by atomic mass is 16.7. The van der Waals surface area contributed by atoms with Crippen LogP contribution in [0.3, 0.4) is 0 Å². The number of nitrogens with one attached hydrogen (secondary N) is 1. The first-order valence-electron chi connectivity index (χ1n) is 35.9. The van der Waals surface area contributed by atoms with Gasteiger partial charge in [0, 0.05) is 6.42 Å². The molecule has 0 aromatic rings. The first kappa shape index (κ1) is 80.9. The first-order chi connectivity index (χ1) is 42.2. The van der Waals surface area contributed by atoms with E-state index in [4.69, 9.17) is 14.2 Å². The lowest BCUT2D eigenvalue weighted by molar-refractivity contribution is -0.305. The van der Waals surface area contributed by atoms with Gasteiger partial charge in [0.05, 0.1) is 25.4 Å². The van der Waals surface area contributed by atoms with Crippen LogP contribution in [0, 0.1) is 0 Å². The first-order valence-corrected chi connectivity index (χ1v) is 35.9. The number of hydrogen-bond acceptors (Lipinski definition) is 10. The highest BCUT2D eigenvalue weighted by molar-refractivity contribution is 5.80. The van der Waals surface area contributed by atoms with Gasteiger partial charge in [0.15, 0.2) is 12.4 Å². The molecule has 86 heavy (non-hydrogen) atoms. The average molecular weight is 1210 g/mol. The number of allylic oxidation sites excluding steroid dienone is 13. The lowest BCUT2D eigenvalue weighted by atomic mass is 9.99. The fourth-order valence-corrected chi connectivity index (χ4v) is 10.8. The van der Waals surface area contributed by atoms with Crippen molar-refractivity contribution in [2.45, 2.75) is 365 Å². The molecule has 1 fully saturated rings. The Bertz CT molecular complexity index is 1720. The topological polar surface area (TPSA) is 175 Å². The molecular formula is C75H133NO10. The van der Waals surface area contributed by atoms with Gasteiger partial charge in [0.25, 0.3) is 0 Å². The predicted octanol–water partition coefficient (Wildman–Crippen LogP) is 18.5. The van der Waals surface area contributed by atoms with Gasteiger partial charge in [-0.3, -0.25) is 9.59 Å². The van der Waals surface area contributed by atoms with Crippen LogP contribution in [-0.4, -0.2) is 99.6 Å². The van der Waals surface area contributed by atoms with Crippen molar-refractivity contribution in [1.29, 1.82) is 0 Å². The molecule has 1 amide bonds. The Morgan fingerprint density at radius 2 is 0.802 bits per heavy atom. The van der Waals surface area contributed by atoms with E-state index >= 15 is 0 Å². The molecule has 0 spiro atoms. The normalized spacial score (nSPS) is 18.8. The highest BCUT2D eigenvalue weighted by Crippen LogP contribution is 2.26. The molecule has 11 heteroatoms. The number of amides is 1. The Hall–Kier alpha value is -3.16. The number of ether oxygens (including phenoxy) is 3. The van der Waals surface area contributed by atoms with Gasteiger partial charge in [0.1, 0.15) is 24.4 Å². The molecule has 8 atom stereocenters. The van der Waals surface area contributed by atoms with Crippen molar-refractivity contribution in [3.8, 4) is 0 Å². The number of hydrogen-bond donors (Lipinski definition) is 6. The zero-order chi connectivity index (χ0) is 62.4. The number of rotatable bonds is 61. The largest absolute Gasteiger partial charge is 0.454 e. The summed E-state index contributed by atoms with van der Waals surface area (Å²) < 4.78 is 17.7. The zero-order valence-corrected chi connectivity index (χ0v) is 55.4. The molecule has 0 radical (unpaired) electrons. The van der Waals surface area contributed by atoms with Crippen molar-refractivity contribution in [3.63, 3.8) is 0 Å². The van der Waals surface area contributed by atoms with Crippen LogP contribution >= 0.6 is 0 Å². The van der Waals surface area contributed by atoms with Crippen LogP contribution in [0.5, 0.6) is 0 Å². The average Bonchev–Trinajstić information content (AvgIpc) is 3.59. The minimum absolute atomic E-state index is 0.119. The Morgan fingerprint density at radius 1 is 0.453 bits per heavy atom. The summed E-state index contributed by atoms with van der Waals surface area (Å²) in [4.78, 5) is 26.7.